The Bertz CT molecular complexity index is 932. The summed E-state index contributed by atoms with van der Waals surface area (Å²) in [6, 6.07) is 7.38. The van der Waals surface area contributed by atoms with Crippen LogP contribution in [0.5, 0.6) is 0 Å². The lowest BCUT2D eigenvalue weighted by atomic mass is 10.1. The first kappa shape index (κ1) is 19.1. The van der Waals surface area contributed by atoms with Crippen molar-refractivity contribution in [2.45, 2.75) is 43.5 Å². The molecule has 8 heteroatoms. The Morgan fingerprint density at radius 2 is 1.86 bits per heavy atom. The molecule has 2 heterocycles. The van der Waals surface area contributed by atoms with E-state index in [9.17, 15) is 13.2 Å². The molecule has 1 aromatic carbocycles. The maximum Gasteiger partial charge on any atom is 0.243 e. The van der Waals surface area contributed by atoms with Crippen molar-refractivity contribution >= 4 is 15.9 Å². The first-order valence-corrected chi connectivity index (χ1v) is 11.4. The zero-order valence-corrected chi connectivity index (χ0v) is 16.8. The molecule has 1 amide bonds. The summed E-state index contributed by atoms with van der Waals surface area (Å²) in [7, 11) is -3.50. The summed E-state index contributed by atoms with van der Waals surface area (Å²) in [5, 5.41) is 4.13. The monoisotopic (exact) mass is 402 g/mol. The molecule has 0 unspecified atom stereocenters. The summed E-state index contributed by atoms with van der Waals surface area (Å²) in [5.74, 6) is 0.0849. The molecule has 1 saturated heterocycles. The third kappa shape index (κ3) is 3.98. The Morgan fingerprint density at radius 3 is 2.61 bits per heavy atom. The van der Waals surface area contributed by atoms with Gasteiger partial charge in [0.25, 0.3) is 0 Å². The number of sulfonamides is 1. The van der Waals surface area contributed by atoms with E-state index in [4.69, 9.17) is 0 Å². The van der Waals surface area contributed by atoms with Crippen LogP contribution >= 0.6 is 0 Å². The second-order valence-corrected chi connectivity index (χ2v) is 9.38. The van der Waals surface area contributed by atoms with Crippen LogP contribution in [0.3, 0.4) is 0 Å². The smallest absolute Gasteiger partial charge is 0.243 e. The van der Waals surface area contributed by atoms with Crippen LogP contribution in [0.25, 0.3) is 0 Å². The molecular weight excluding hydrogens is 376 g/mol. The Labute approximate surface area is 166 Å². The molecule has 2 aliphatic rings. The van der Waals surface area contributed by atoms with Crippen molar-refractivity contribution in [3.05, 3.63) is 47.8 Å². The van der Waals surface area contributed by atoms with Crippen LogP contribution in [-0.2, 0) is 34.2 Å². The number of nitrogens with zero attached hydrogens (tertiary/aromatic N) is 4. The minimum Gasteiger partial charge on any atom is -0.340 e. The Balaban J connectivity index is 1.31. The molecule has 1 fully saturated rings. The average Bonchev–Trinajstić information content (AvgIpc) is 3.39. The Hall–Kier alpha value is -2.19. The minimum absolute atomic E-state index is 0.0849. The van der Waals surface area contributed by atoms with Gasteiger partial charge in [0.2, 0.25) is 15.9 Å². The highest BCUT2D eigenvalue weighted by Gasteiger charge is 2.30. The molecule has 28 heavy (non-hydrogen) atoms. The van der Waals surface area contributed by atoms with Gasteiger partial charge in [0, 0.05) is 51.5 Å². The van der Waals surface area contributed by atoms with Crippen LogP contribution < -0.4 is 0 Å². The lowest BCUT2D eigenvalue weighted by molar-refractivity contribution is -0.132. The predicted octanol–water partition coefficient (Wildman–Crippen LogP) is 1.69. The van der Waals surface area contributed by atoms with Gasteiger partial charge in [0.05, 0.1) is 4.90 Å². The average molecular weight is 403 g/mol. The molecule has 4 rings (SSSR count). The summed E-state index contributed by atoms with van der Waals surface area (Å²) in [6.07, 6.45) is 7.89. The van der Waals surface area contributed by atoms with Crippen molar-refractivity contribution in [2.75, 3.05) is 26.2 Å². The van der Waals surface area contributed by atoms with Gasteiger partial charge in [-0.15, -0.1) is 0 Å². The number of hydrogen-bond acceptors (Lipinski definition) is 4. The van der Waals surface area contributed by atoms with Crippen molar-refractivity contribution in [1.82, 2.24) is 19.0 Å². The third-order valence-electron chi connectivity index (χ3n) is 5.64. The minimum atomic E-state index is -3.50. The summed E-state index contributed by atoms with van der Waals surface area (Å²) in [4.78, 5) is 14.6. The maximum absolute atomic E-state index is 13.0. The van der Waals surface area contributed by atoms with E-state index < -0.39 is 10.0 Å². The molecule has 0 bridgehead atoms. The van der Waals surface area contributed by atoms with Crippen molar-refractivity contribution in [3.8, 4) is 0 Å². The number of rotatable bonds is 6. The first-order valence-electron chi connectivity index (χ1n) is 9.91. The molecule has 0 spiro atoms. The second kappa shape index (κ2) is 8.05. The zero-order valence-electron chi connectivity index (χ0n) is 16.0. The zero-order chi connectivity index (χ0) is 19.6. The van der Waals surface area contributed by atoms with Gasteiger partial charge >= 0.3 is 0 Å². The number of piperazine rings is 1. The van der Waals surface area contributed by atoms with E-state index in [1.165, 1.54) is 9.87 Å². The van der Waals surface area contributed by atoms with E-state index in [0.717, 1.165) is 31.2 Å². The SMILES string of the molecule is O=C(CCCn1cccn1)N1CCN(S(=O)(=O)c2ccc3c(c2)CCC3)CC1. The van der Waals surface area contributed by atoms with Crippen LogP contribution in [0.2, 0.25) is 0 Å². The van der Waals surface area contributed by atoms with Crippen molar-refractivity contribution in [2.24, 2.45) is 0 Å². The molecule has 0 radical (unpaired) electrons. The number of aromatic nitrogens is 2. The highest BCUT2D eigenvalue weighted by atomic mass is 32.2. The van der Waals surface area contributed by atoms with Gasteiger partial charge in [-0.1, -0.05) is 6.07 Å². The Morgan fingerprint density at radius 1 is 1.07 bits per heavy atom. The fourth-order valence-electron chi connectivity index (χ4n) is 4.02. The van der Waals surface area contributed by atoms with Crippen molar-refractivity contribution < 1.29 is 13.2 Å². The maximum atomic E-state index is 13.0. The fourth-order valence-corrected chi connectivity index (χ4v) is 5.49. The van der Waals surface area contributed by atoms with Crippen LogP contribution in [0.4, 0.5) is 0 Å². The number of benzene rings is 1. The molecule has 0 N–H and O–H groups in total. The molecule has 2 aromatic rings. The lowest BCUT2D eigenvalue weighted by Gasteiger charge is -2.34. The number of fused-ring (bicyclic) bond motifs is 1. The summed E-state index contributed by atoms with van der Waals surface area (Å²) in [5.41, 5.74) is 2.43. The van der Waals surface area contributed by atoms with E-state index in [-0.39, 0.29) is 5.91 Å². The van der Waals surface area contributed by atoms with Crippen LogP contribution in [0.15, 0.2) is 41.6 Å². The topological polar surface area (TPSA) is 75.5 Å². The van der Waals surface area contributed by atoms with Crippen LogP contribution in [0.1, 0.15) is 30.4 Å². The van der Waals surface area contributed by atoms with E-state index in [2.05, 4.69) is 5.10 Å². The number of amides is 1. The highest BCUT2D eigenvalue weighted by molar-refractivity contribution is 7.89. The van der Waals surface area contributed by atoms with Gasteiger partial charge < -0.3 is 4.90 Å². The standard InChI is InChI=1S/C20H26N4O3S/c25-20(6-2-10-23-11-3-9-21-23)22-12-14-24(15-13-22)28(26,27)19-8-7-17-4-1-5-18(17)16-19/h3,7-9,11,16H,1-2,4-6,10,12-15H2. The van der Waals surface area contributed by atoms with Crippen LogP contribution in [-0.4, -0.2) is 59.5 Å². The highest BCUT2D eigenvalue weighted by Crippen LogP contribution is 2.26. The fraction of sp³-hybridized carbons (Fsp3) is 0.500. The molecular formula is C20H26N4O3S. The van der Waals surface area contributed by atoms with Gasteiger partial charge in [-0.25, -0.2) is 8.42 Å². The molecule has 7 nitrogen and oxygen atoms in total. The lowest BCUT2D eigenvalue weighted by Crippen LogP contribution is -2.50. The summed E-state index contributed by atoms with van der Waals surface area (Å²) in [6.45, 7) is 2.32. The third-order valence-corrected chi connectivity index (χ3v) is 7.53. The molecule has 0 atom stereocenters. The van der Waals surface area contributed by atoms with Gasteiger partial charge in [0.15, 0.2) is 0 Å². The summed E-state index contributed by atoms with van der Waals surface area (Å²) >= 11 is 0. The van der Waals surface area contributed by atoms with Crippen molar-refractivity contribution in [3.63, 3.8) is 0 Å². The van der Waals surface area contributed by atoms with Gasteiger partial charge in [0.1, 0.15) is 0 Å². The molecule has 1 aliphatic heterocycles. The van der Waals surface area contributed by atoms with Gasteiger partial charge in [-0.2, -0.15) is 9.40 Å². The van der Waals surface area contributed by atoms with E-state index in [1.807, 2.05) is 29.1 Å². The number of hydrogen-bond donors (Lipinski definition) is 0. The Kier molecular flexibility index (Phi) is 5.50. The van der Waals surface area contributed by atoms with E-state index in [1.54, 1.807) is 17.2 Å². The quantitative estimate of drug-likeness (QED) is 0.737. The normalized spacial score (nSPS) is 17.6. The molecule has 1 aromatic heterocycles. The molecule has 1 aliphatic carbocycles. The van der Waals surface area contributed by atoms with Gasteiger partial charge in [-0.05, 0) is 55.0 Å². The van der Waals surface area contributed by atoms with E-state index in [0.29, 0.717) is 44.0 Å². The van der Waals surface area contributed by atoms with Gasteiger partial charge in [-0.3, -0.25) is 9.48 Å². The predicted molar refractivity (Wildman–Crippen MR) is 105 cm³/mol. The summed E-state index contributed by atoms with van der Waals surface area (Å²) < 4.78 is 29.3. The van der Waals surface area contributed by atoms with E-state index >= 15 is 0 Å². The second-order valence-electron chi connectivity index (χ2n) is 7.44. The molecule has 0 saturated carbocycles. The number of carbonyl (C=O) groups is 1. The number of aryl methyl sites for hydroxylation is 3. The number of carbonyl (C=O) groups excluding carboxylic acids is 1. The first-order chi connectivity index (χ1) is 13.5. The molecule has 150 valence electrons. The van der Waals surface area contributed by atoms with Crippen molar-refractivity contribution in [1.29, 1.82) is 0 Å². The largest absolute Gasteiger partial charge is 0.340 e. The van der Waals surface area contributed by atoms with Crippen LogP contribution in [0, 0.1) is 0 Å².